The van der Waals surface area contributed by atoms with Gasteiger partial charge in [-0.25, -0.2) is 8.42 Å². The molecule has 0 fully saturated rings. The highest BCUT2D eigenvalue weighted by Gasteiger charge is 2.23. The molecule has 0 atom stereocenters. The third-order valence-corrected chi connectivity index (χ3v) is 6.03. The number of aryl methyl sites for hydroxylation is 1. The Bertz CT molecular complexity index is 1140. The SMILES string of the molecule is Cc1ccc(S(=O)(=O)N(C)CC(=O)NNC(=O)Cc2noc3ccccc23)cc1. The topological polar surface area (TPSA) is 122 Å². The molecule has 2 aromatic carbocycles. The first kappa shape index (κ1) is 20.5. The fraction of sp³-hybridized carbons (Fsp3) is 0.211. The maximum absolute atomic E-state index is 12.5. The van der Waals surface area contributed by atoms with Crippen molar-refractivity contribution in [1.82, 2.24) is 20.3 Å². The highest BCUT2D eigenvalue weighted by Crippen LogP contribution is 2.18. The van der Waals surface area contributed by atoms with E-state index in [4.69, 9.17) is 4.52 Å². The van der Waals surface area contributed by atoms with Crippen LogP contribution >= 0.6 is 0 Å². The Morgan fingerprint density at radius 1 is 1.03 bits per heavy atom. The van der Waals surface area contributed by atoms with Gasteiger partial charge in [-0.1, -0.05) is 35.0 Å². The van der Waals surface area contributed by atoms with Crippen LogP contribution in [0.2, 0.25) is 0 Å². The van der Waals surface area contributed by atoms with Gasteiger partial charge in [0, 0.05) is 12.4 Å². The molecule has 0 aliphatic heterocycles. The Hall–Kier alpha value is -3.24. The summed E-state index contributed by atoms with van der Waals surface area (Å²) < 4.78 is 31.0. The molecule has 2 N–H and O–H groups in total. The van der Waals surface area contributed by atoms with E-state index < -0.39 is 28.4 Å². The van der Waals surface area contributed by atoms with Crippen LogP contribution in [0, 0.1) is 6.92 Å². The molecule has 0 saturated carbocycles. The second-order valence-corrected chi connectivity index (χ2v) is 8.52. The van der Waals surface area contributed by atoms with E-state index in [1.807, 2.05) is 6.92 Å². The molecule has 29 heavy (non-hydrogen) atoms. The zero-order chi connectivity index (χ0) is 21.0. The number of rotatable bonds is 6. The predicted molar refractivity (Wildman–Crippen MR) is 105 cm³/mol. The Kier molecular flexibility index (Phi) is 5.95. The Labute approximate surface area is 167 Å². The van der Waals surface area contributed by atoms with Crippen LogP contribution in [0.15, 0.2) is 57.9 Å². The molecule has 0 radical (unpaired) electrons. The molecule has 3 aromatic rings. The van der Waals surface area contributed by atoms with Crippen LogP contribution in [0.1, 0.15) is 11.3 Å². The summed E-state index contributed by atoms with van der Waals surface area (Å²) in [5, 5.41) is 4.55. The number of benzene rings is 2. The smallest absolute Gasteiger partial charge is 0.253 e. The summed E-state index contributed by atoms with van der Waals surface area (Å²) >= 11 is 0. The number of amides is 2. The molecule has 0 aliphatic rings. The van der Waals surface area contributed by atoms with E-state index in [0.29, 0.717) is 16.7 Å². The van der Waals surface area contributed by atoms with Crippen molar-refractivity contribution in [2.75, 3.05) is 13.6 Å². The van der Waals surface area contributed by atoms with Gasteiger partial charge in [-0.3, -0.25) is 20.4 Å². The van der Waals surface area contributed by atoms with Crippen molar-refractivity contribution in [3.63, 3.8) is 0 Å². The number of hydrogen-bond acceptors (Lipinski definition) is 6. The number of para-hydroxylation sites is 1. The van der Waals surface area contributed by atoms with Crippen molar-refractivity contribution in [1.29, 1.82) is 0 Å². The Morgan fingerprint density at radius 2 is 1.69 bits per heavy atom. The quantitative estimate of drug-likeness (QED) is 0.582. The maximum Gasteiger partial charge on any atom is 0.253 e. The largest absolute Gasteiger partial charge is 0.356 e. The number of hydrazine groups is 1. The lowest BCUT2D eigenvalue weighted by molar-refractivity contribution is -0.128. The lowest BCUT2D eigenvalue weighted by Crippen LogP contribution is -2.47. The number of sulfonamides is 1. The third-order valence-electron chi connectivity index (χ3n) is 4.22. The molecule has 10 heteroatoms. The number of aromatic nitrogens is 1. The first-order valence-corrected chi connectivity index (χ1v) is 10.2. The van der Waals surface area contributed by atoms with E-state index >= 15 is 0 Å². The second-order valence-electron chi connectivity index (χ2n) is 6.47. The van der Waals surface area contributed by atoms with Crippen LogP contribution in [0.25, 0.3) is 11.0 Å². The normalized spacial score (nSPS) is 11.6. The molecule has 0 bridgehead atoms. The number of carbonyl (C=O) groups excluding carboxylic acids is 2. The van der Waals surface area contributed by atoms with Crippen LogP contribution in [0.3, 0.4) is 0 Å². The number of fused-ring (bicyclic) bond motifs is 1. The van der Waals surface area contributed by atoms with Gasteiger partial charge in [-0.2, -0.15) is 4.31 Å². The van der Waals surface area contributed by atoms with Gasteiger partial charge in [0.05, 0.1) is 17.9 Å². The molecule has 0 aliphatic carbocycles. The van der Waals surface area contributed by atoms with Crippen molar-refractivity contribution in [2.24, 2.45) is 0 Å². The summed E-state index contributed by atoms with van der Waals surface area (Å²) in [5.41, 5.74) is 6.37. The molecular weight excluding hydrogens is 396 g/mol. The van der Waals surface area contributed by atoms with Crippen LogP contribution in [0.5, 0.6) is 0 Å². The van der Waals surface area contributed by atoms with Crippen LogP contribution in [-0.2, 0) is 26.0 Å². The van der Waals surface area contributed by atoms with E-state index in [0.717, 1.165) is 9.87 Å². The van der Waals surface area contributed by atoms with Crippen molar-refractivity contribution in [2.45, 2.75) is 18.2 Å². The average molecular weight is 416 g/mol. The maximum atomic E-state index is 12.5. The van der Waals surface area contributed by atoms with Gasteiger partial charge >= 0.3 is 0 Å². The second kappa shape index (κ2) is 8.41. The minimum Gasteiger partial charge on any atom is -0.356 e. The van der Waals surface area contributed by atoms with E-state index in [1.165, 1.54) is 19.2 Å². The number of nitrogens with one attached hydrogen (secondary N) is 2. The summed E-state index contributed by atoms with van der Waals surface area (Å²) in [6, 6.07) is 13.4. The first-order valence-electron chi connectivity index (χ1n) is 8.71. The van der Waals surface area contributed by atoms with Crippen LogP contribution in [-0.4, -0.2) is 43.3 Å². The number of hydrogen-bond donors (Lipinski definition) is 2. The van der Waals surface area contributed by atoms with Gasteiger partial charge in [-0.05, 0) is 31.2 Å². The Balaban J connectivity index is 1.53. The molecule has 0 unspecified atom stereocenters. The van der Waals surface area contributed by atoms with E-state index in [2.05, 4.69) is 16.0 Å². The van der Waals surface area contributed by atoms with Crippen molar-refractivity contribution < 1.29 is 22.5 Å². The minimum atomic E-state index is -3.82. The van der Waals surface area contributed by atoms with Crippen molar-refractivity contribution >= 4 is 32.8 Å². The fourth-order valence-corrected chi connectivity index (χ4v) is 3.75. The number of likely N-dealkylation sites (N-methyl/N-ethyl adjacent to an activating group) is 1. The summed E-state index contributed by atoms with van der Waals surface area (Å²) in [7, 11) is -2.53. The molecule has 9 nitrogen and oxygen atoms in total. The van der Waals surface area contributed by atoms with Gasteiger partial charge in [0.15, 0.2) is 5.58 Å². The summed E-state index contributed by atoms with van der Waals surface area (Å²) in [6.45, 7) is 1.39. The number of nitrogens with zero attached hydrogens (tertiary/aromatic N) is 2. The third kappa shape index (κ3) is 4.79. The van der Waals surface area contributed by atoms with Gasteiger partial charge in [0.1, 0.15) is 5.69 Å². The van der Waals surface area contributed by atoms with Crippen LogP contribution in [0.4, 0.5) is 0 Å². The van der Waals surface area contributed by atoms with Crippen molar-refractivity contribution in [3.05, 3.63) is 59.8 Å². The fourth-order valence-electron chi connectivity index (χ4n) is 2.62. The van der Waals surface area contributed by atoms with Gasteiger partial charge < -0.3 is 4.52 Å². The lowest BCUT2D eigenvalue weighted by Gasteiger charge is -2.17. The van der Waals surface area contributed by atoms with Gasteiger partial charge in [-0.15, -0.1) is 0 Å². The predicted octanol–water partition coefficient (Wildman–Crippen LogP) is 1.15. The zero-order valence-corrected chi connectivity index (χ0v) is 16.7. The molecule has 0 saturated heterocycles. The molecule has 3 rings (SSSR count). The first-order chi connectivity index (χ1) is 13.8. The zero-order valence-electron chi connectivity index (χ0n) is 15.9. The monoisotopic (exact) mass is 416 g/mol. The minimum absolute atomic E-state index is 0.0837. The number of carbonyl (C=O) groups is 2. The van der Waals surface area contributed by atoms with E-state index in [1.54, 1.807) is 36.4 Å². The van der Waals surface area contributed by atoms with Gasteiger partial charge in [0.25, 0.3) is 5.91 Å². The lowest BCUT2D eigenvalue weighted by atomic mass is 10.2. The van der Waals surface area contributed by atoms with Gasteiger partial charge in [0.2, 0.25) is 15.9 Å². The average Bonchev–Trinajstić information content (AvgIpc) is 3.09. The van der Waals surface area contributed by atoms with Crippen molar-refractivity contribution in [3.8, 4) is 0 Å². The molecule has 1 aromatic heterocycles. The molecular formula is C19H20N4O5S. The Morgan fingerprint density at radius 3 is 2.41 bits per heavy atom. The highest BCUT2D eigenvalue weighted by molar-refractivity contribution is 7.89. The summed E-state index contributed by atoms with van der Waals surface area (Å²) in [6.07, 6.45) is -0.102. The molecule has 1 heterocycles. The standard InChI is InChI=1S/C19H20N4O5S/c1-13-7-9-14(10-8-13)29(26,27)23(2)12-19(25)21-20-18(24)11-16-15-5-3-4-6-17(15)28-22-16/h3-10H,11-12H2,1-2H3,(H,20,24)(H,21,25). The summed E-state index contributed by atoms with van der Waals surface area (Å²) in [5.74, 6) is -1.19. The van der Waals surface area contributed by atoms with E-state index in [9.17, 15) is 18.0 Å². The van der Waals surface area contributed by atoms with Crippen LogP contribution < -0.4 is 10.9 Å². The highest BCUT2D eigenvalue weighted by atomic mass is 32.2. The molecule has 2 amide bonds. The molecule has 152 valence electrons. The van der Waals surface area contributed by atoms with E-state index in [-0.39, 0.29) is 11.3 Å². The summed E-state index contributed by atoms with van der Waals surface area (Å²) in [4.78, 5) is 24.2. The molecule has 0 spiro atoms.